The Kier molecular flexibility index (Phi) is 5.91. The van der Waals surface area contributed by atoms with E-state index in [0.29, 0.717) is 24.5 Å². The lowest BCUT2D eigenvalue weighted by Crippen LogP contribution is -2.43. The standard InChI is InChI=1S/C17H25N5O/c1-4-13-14(10-18)16(21-20-15(13)5-2)22-9-7-8-12(11-22)17(23)19-6-3/h12H,4-9,11H2,1-3H3,(H,19,23). The summed E-state index contributed by atoms with van der Waals surface area (Å²) in [4.78, 5) is 14.2. The molecule has 1 fully saturated rings. The highest BCUT2D eigenvalue weighted by atomic mass is 16.1. The quantitative estimate of drug-likeness (QED) is 0.896. The minimum atomic E-state index is -0.0482. The van der Waals surface area contributed by atoms with Crippen molar-refractivity contribution in [1.82, 2.24) is 15.5 Å². The summed E-state index contributed by atoms with van der Waals surface area (Å²) in [5.41, 5.74) is 2.50. The second-order valence-corrected chi connectivity index (χ2v) is 5.82. The van der Waals surface area contributed by atoms with Crippen molar-refractivity contribution in [3.63, 3.8) is 0 Å². The Hall–Kier alpha value is -2.16. The molecule has 1 N–H and O–H groups in total. The van der Waals surface area contributed by atoms with E-state index in [0.717, 1.165) is 43.5 Å². The first kappa shape index (κ1) is 17.2. The number of rotatable bonds is 5. The summed E-state index contributed by atoms with van der Waals surface area (Å²) in [7, 11) is 0. The van der Waals surface area contributed by atoms with Gasteiger partial charge < -0.3 is 10.2 Å². The zero-order valence-corrected chi connectivity index (χ0v) is 14.2. The zero-order valence-electron chi connectivity index (χ0n) is 14.2. The van der Waals surface area contributed by atoms with Crippen molar-refractivity contribution in [3.8, 4) is 6.07 Å². The average Bonchev–Trinajstić information content (AvgIpc) is 2.60. The van der Waals surface area contributed by atoms with Gasteiger partial charge in [0.05, 0.1) is 11.6 Å². The molecule has 1 amide bonds. The van der Waals surface area contributed by atoms with E-state index in [9.17, 15) is 10.1 Å². The monoisotopic (exact) mass is 315 g/mol. The highest BCUT2D eigenvalue weighted by molar-refractivity contribution is 5.79. The molecule has 1 unspecified atom stereocenters. The first-order chi connectivity index (χ1) is 11.2. The fourth-order valence-corrected chi connectivity index (χ4v) is 3.20. The van der Waals surface area contributed by atoms with Crippen LogP contribution in [0, 0.1) is 17.2 Å². The number of anilines is 1. The van der Waals surface area contributed by atoms with E-state index in [2.05, 4.69) is 21.6 Å². The maximum Gasteiger partial charge on any atom is 0.224 e. The molecule has 1 aliphatic rings. The van der Waals surface area contributed by atoms with Crippen molar-refractivity contribution in [2.45, 2.75) is 46.5 Å². The van der Waals surface area contributed by atoms with Crippen LogP contribution in [0.2, 0.25) is 0 Å². The van der Waals surface area contributed by atoms with Gasteiger partial charge in [0, 0.05) is 19.6 Å². The highest BCUT2D eigenvalue weighted by Crippen LogP contribution is 2.27. The molecule has 6 heteroatoms. The Morgan fingerprint density at radius 1 is 1.35 bits per heavy atom. The Morgan fingerprint density at radius 3 is 2.74 bits per heavy atom. The average molecular weight is 315 g/mol. The summed E-state index contributed by atoms with van der Waals surface area (Å²) in [5, 5.41) is 21.1. The lowest BCUT2D eigenvalue weighted by molar-refractivity contribution is -0.125. The molecule has 0 bridgehead atoms. The molecular weight excluding hydrogens is 290 g/mol. The van der Waals surface area contributed by atoms with Crippen molar-refractivity contribution in [2.75, 3.05) is 24.5 Å². The summed E-state index contributed by atoms with van der Waals surface area (Å²) in [5.74, 6) is 0.674. The fraction of sp³-hybridized carbons (Fsp3) is 0.647. The number of carbonyl (C=O) groups is 1. The van der Waals surface area contributed by atoms with Crippen LogP contribution in [-0.2, 0) is 17.6 Å². The van der Waals surface area contributed by atoms with Gasteiger partial charge in [0.1, 0.15) is 11.6 Å². The van der Waals surface area contributed by atoms with E-state index in [4.69, 9.17) is 0 Å². The van der Waals surface area contributed by atoms with Crippen molar-refractivity contribution < 1.29 is 4.79 Å². The second kappa shape index (κ2) is 7.91. The molecule has 0 aliphatic carbocycles. The van der Waals surface area contributed by atoms with Gasteiger partial charge in [-0.2, -0.15) is 10.4 Å². The maximum atomic E-state index is 12.1. The van der Waals surface area contributed by atoms with Gasteiger partial charge in [-0.25, -0.2) is 0 Å². The molecule has 2 heterocycles. The van der Waals surface area contributed by atoms with Crippen molar-refractivity contribution in [2.24, 2.45) is 5.92 Å². The van der Waals surface area contributed by atoms with Gasteiger partial charge in [0.15, 0.2) is 5.82 Å². The van der Waals surface area contributed by atoms with Crippen LogP contribution in [0.25, 0.3) is 0 Å². The molecule has 0 saturated carbocycles. The molecular formula is C17H25N5O. The summed E-state index contributed by atoms with van der Waals surface area (Å²) < 4.78 is 0. The number of carbonyl (C=O) groups excluding carboxylic acids is 1. The van der Waals surface area contributed by atoms with E-state index >= 15 is 0 Å². The van der Waals surface area contributed by atoms with Gasteiger partial charge >= 0.3 is 0 Å². The molecule has 124 valence electrons. The normalized spacial score (nSPS) is 17.7. The van der Waals surface area contributed by atoms with Gasteiger partial charge in [0.2, 0.25) is 5.91 Å². The number of hydrogen-bond acceptors (Lipinski definition) is 5. The molecule has 1 aliphatic heterocycles. The van der Waals surface area contributed by atoms with E-state index in [1.54, 1.807) is 0 Å². The lowest BCUT2D eigenvalue weighted by atomic mass is 9.96. The number of hydrogen-bond donors (Lipinski definition) is 1. The number of aryl methyl sites for hydroxylation is 1. The molecule has 23 heavy (non-hydrogen) atoms. The van der Waals surface area contributed by atoms with E-state index in [1.165, 1.54) is 0 Å². The molecule has 1 aromatic heterocycles. The Labute approximate surface area is 137 Å². The third-order valence-corrected chi connectivity index (χ3v) is 4.38. The second-order valence-electron chi connectivity index (χ2n) is 5.82. The minimum Gasteiger partial charge on any atom is -0.356 e. The zero-order chi connectivity index (χ0) is 16.8. The molecule has 1 aromatic rings. The highest BCUT2D eigenvalue weighted by Gasteiger charge is 2.28. The lowest BCUT2D eigenvalue weighted by Gasteiger charge is -2.33. The predicted molar refractivity (Wildman–Crippen MR) is 89.1 cm³/mol. The van der Waals surface area contributed by atoms with Gasteiger partial charge in [-0.15, -0.1) is 5.10 Å². The van der Waals surface area contributed by atoms with E-state index in [1.807, 2.05) is 25.7 Å². The van der Waals surface area contributed by atoms with Crippen LogP contribution in [-0.4, -0.2) is 35.7 Å². The van der Waals surface area contributed by atoms with Gasteiger partial charge in [-0.05, 0) is 38.2 Å². The molecule has 0 spiro atoms. The van der Waals surface area contributed by atoms with Crippen LogP contribution in [0.3, 0.4) is 0 Å². The van der Waals surface area contributed by atoms with Gasteiger partial charge in [-0.3, -0.25) is 4.79 Å². The van der Waals surface area contributed by atoms with Gasteiger partial charge in [-0.1, -0.05) is 13.8 Å². The number of nitrogens with one attached hydrogen (secondary N) is 1. The van der Waals surface area contributed by atoms with Crippen LogP contribution in [0.15, 0.2) is 0 Å². The summed E-state index contributed by atoms with van der Waals surface area (Å²) >= 11 is 0. The van der Waals surface area contributed by atoms with Crippen LogP contribution in [0.5, 0.6) is 0 Å². The molecule has 1 atom stereocenters. The van der Waals surface area contributed by atoms with Crippen molar-refractivity contribution in [1.29, 1.82) is 5.26 Å². The van der Waals surface area contributed by atoms with Gasteiger partial charge in [0.25, 0.3) is 0 Å². The third kappa shape index (κ3) is 3.61. The molecule has 6 nitrogen and oxygen atoms in total. The molecule has 1 saturated heterocycles. The summed E-state index contributed by atoms with van der Waals surface area (Å²) in [6.45, 7) is 8.04. The Morgan fingerprint density at radius 2 is 2.13 bits per heavy atom. The number of nitrogens with zero attached hydrogens (tertiary/aromatic N) is 4. The summed E-state index contributed by atoms with van der Waals surface area (Å²) in [6.07, 6.45) is 3.34. The largest absolute Gasteiger partial charge is 0.356 e. The Balaban J connectivity index is 2.31. The SMILES string of the molecule is CCNC(=O)C1CCCN(c2nnc(CC)c(CC)c2C#N)C1. The van der Waals surface area contributed by atoms with E-state index in [-0.39, 0.29) is 11.8 Å². The maximum absolute atomic E-state index is 12.1. The minimum absolute atomic E-state index is 0.0482. The number of amides is 1. The smallest absolute Gasteiger partial charge is 0.224 e. The molecule has 2 rings (SSSR count). The number of nitriles is 1. The van der Waals surface area contributed by atoms with Crippen LogP contribution >= 0.6 is 0 Å². The third-order valence-electron chi connectivity index (χ3n) is 4.38. The van der Waals surface area contributed by atoms with E-state index < -0.39 is 0 Å². The first-order valence-electron chi connectivity index (χ1n) is 8.47. The van der Waals surface area contributed by atoms with Crippen molar-refractivity contribution >= 4 is 11.7 Å². The Bertz CT molecular complexity index is 608. The first-order valence-corrected chi connectivity index (χ1v) is 8.47. The summed E-state index contributed by atoms with van der Waals surface area (Å²) in [6, 6.07) is 2.31. The number of aromatic nitrogens is 2. The predicted octanol–water partition coefficient (Wildman–Crippen LogP) is 1.83. The molecule has 0 aromatic carbocycles. The fourth-order valence-electron chi connectivity index (χ4n) is 3.20. The molecule has 0 radical (unpaired) electrons. The number of piperidine rings is 1. The topological polar surface area (TPSA) is 81.9 Å². The van der Waals surface area contributed by atoms with Crippen LogP contribution in [0.1, 0.15) is 50.4 Å². The van der Waals surface area contributed by atoms with Crippen LogP contribution < -0.4 is 10.2 Å². The van der Waals surface area contributed by atoms with Crippen molar-refractivity contribution in [3.05, 3.63) is 16.8 Å². The van der Waals surface area contributed by atoms with Crippen LogP contribution in [0.4, 0.5) is 5.82 Å².